The molecule has 1 atom stereocenters. The number of nitrogens with two attached hydrogens (primary N) is 1. The molecule has 1 aromatic rings. The van der Waals surface area contributed by atoms with Crippen LogP contribution in [0, 0.1) is 13.8 Å². The third kappa shape index (κ3) is 2.60. The van der Waals surface area contributed by atoms with Crippen LogP contribution in [-0.2, 0) is 5.72 Å². The predicted molar refractivity (Wildman–Crippen MR) is 89.7 cm³/mol. The van der Waals surface area contributed by atoms with Crippen molar-refractivity contribution in [1.82, 2.24) is 4.90 Å². The largest absolute Gasteiger partial charge is 0.398 e. The van der Waals surface area contributed by atoms with Crippen LogP contribution in [-0.4, -0.2) is 23.0 Å². The van der Waals surface area contributed by atoms with Gasteiger partial charge in [-0.2, -0.15) is 0 Å². The standard InChI is InChI=1S/C18H28N2O2/c1-5-6-7-8-9-10-18(22)15-12(2)11-13(3)16(19)14(15)17(21)20(18)4/h11,22H,5-10,19H2,1-4H3. The van der Waals surface area contributed by atoms with E-state index in [0.717, 1.165) is 24.0 Å². The van der Waals surface area contributed by atoms with Gasteiger partial charge in [0.15, 0.2) is 5.72 Å². The lowest BCUT2D eigenvalue weighted by Crippen LogP contribution is -2.41. The molecular weight excluding hydrogens is 276 g/mol. The molecule has 2 rings (SSSR count). The number of hydrogen-bond acceptors (Lipinski definition) is 3. The van der Waals surface area contributed by atoms with Crippen LogP contribution in [0.2, 0.25) is 0 Å². The Morgan fingerprint density at radius 3 is 2.45 bits per heavy atom. The van der Waals surface area contributed by atoms with Gasteiger partial charge in [-0.15, -0.1) is 0 Å². The SMILES string of the molecule is CCCCCCCC1(O)c2c(C)cc(C)c(N)c2C(=O)N1C. The number of amides is 1. The minimum Gasteiger partial charge on any atom is -0.398 e. The van der Waals surface area contributed by atoms with Crippen LogP contribution in [0.5, 0.6) is 0 Å². The molecule has 122 valence electrons. The number of carbonyl (C=O) groups is 1. The molecule has 1 heterocycles. The van der Waals surface area contributed by atoms with E-state index >= 15 is 0 Å². The molecule has 1 aliphatic rings. The Kier molecular flexibility index (Phi) is 4.81. The van der Waals surface area contributed by atoms with Crippen LogP contribution in [0.25, 0.3) is 0 Å². The van der Waals surface area contributed by atoms with Crippen LogP contribution < -0.4 is 5.73 Å². The van der Waals surface area contributed by atoms with Gasteiger partial charge in [-0.3, -0.25) is 4.79 Å². The zero-order valence-electron chi connectivity index (χ0n) is 14.2. The first-order valence-corrected chi connectivity index (χ1v) is 8.25. The number of anilines is 1. The van der Waals surface area contributed by atoms with Gasteiger partial charge in [0.05, 0.1) is 5.56 Å². The van der Waals surface area contributed by atoms with Gasteiger partial charge in [0.2, 0.25) is 0 Å². The van der Waals surface area contributed by atoms with E-state index in [-0.39, 0.29) is 5.91 Å². The zero-order valence-corrected chi connectivity index (χ0v) is 14.2. The Bertz CT molecular complexity index is 583. The lowest BCUT2D eigenvalue weighted by Gasteiger charge is -2.32. The number of aliphatic hydroxyl groups is 1. The summed E-state index contributed by atoms with van der Waals surface area (Å²) < 4.78 is 0. The minimum atomic E-state index is -1.22. The molecule has 4 nitrogen and oxygen atoms in total. The molecule has 0 spiro atoms. The molecule has 0 aromatic heterocycles. The number of aryl methyl sites for hydroxylation is 2. The fourth-order valence-corrected chi connectivity index (χ4v) is 3.51. The summed E-state index contributed by atoms with van der Waals surface area (Å²) in [6.07, 6.45) is 6.13. The van der Waals surface area contributed by atoms with E-state index in [2.05, 4.69) is 6.92 Å². The molecule has 0 saturated heterocycles. The lowest BCUT2D eigenvalue weighted by molar-refractivity contribution is -0.0803. The number of nitrogens with zero attached hydrogens (tertiary/aromatic N) is 1. The molecule has 1 aliphatic heterocycles. The molecular formula is C18H28N2O2. The van der Waals surface area contributed by atoms with Crippen molar-refractivity contribution in [2.45, 2.75) is 65.0 Å². The van der Waals surface area contributed by atoms with Gasteiger partial charge in [0.25, 0.3) is 5.91 Å². The first-order chi connectivity index (χ1) is 10.3. The maximum Gasteiger partial charge on any atom is 0.258 e. The smallest absolute Gasteiger partial charge is 0.258 e. The van der Waals surface area contributed by atoms with Crippen LogP contribution in [0.4, 0.5) is 5.69 Å². The number of hydrogen-bond donors (Lipinski definition) is 2. The summed E-state index contributed by atoms with van der Waals surface area (Å²) in [5, 5.41) is 11.2. The van der Waals surface area contributed by atoms with E-state index in [1.165, 1.54) is 24.2 Å². The number of unbranched alkanes of at least 4 members (excludes halogenated alkanes) is 4. The van der Waals surface area contributed by atoms with Crippen molar-refractivity contribution in [1.29, 1.82) is 0 Å². The summed E-state index contributed by atoms with van der Waals surface area (Å²) >= 11 is 0. The van der Waals surface area contributed by atoms with Crippen LogP contribution in [0.15, 0.2) is 6.07 Å². The van der Waals surface area contributed by atoms with Crippen molar-refractivity contribution in [3.63, 3.8) is 0 Å². The number of rotatable bonds is 6. The van der Waals surface area contributed by atoms with Gasteiger partial charge >= 0.3 is 0 Å². The van der Waals surface area contributed by atoms with E-state index in [0.29, 0.717) is 23.2 Å². The summed E-state index contributed by atoms with van der Waals surface area (Å²) in [6, 6.07) is 1.96. The zero-order chi connectivity index (χ0) is 16.5. The normalized spacial score (nSPS) is 20.6. The van der Waals surface area contributed by atoms with Gasteiger partial charge < -0.3 is 15.7 Å². The molecule has 0 saturated carbocycles. The Hall–Kier alpha value is -1.55. The highest BCUT2D eigenvalue weighted by Gasteiger charge is 2.48. The van der Waals surface area contributed by atoms with E-state index < -0.39 is 5.72 Å². The van der Waals surface area contributed by atoms with E-state index in [9.17, 15) is 9.90 Å². The third-order valence-electron chi connectivity index (χ3n) is 4.87. The summed E-state index contributed by atoms with van der Waals surface area (Å²) in [5.41, 5.74) is 8.43. The Morgan fingerprint density at radius 2 is 1.82 bits per heavy atom. The van der Waals surface area contributed by atoms with E-state index in [1.807, 2.05) is 19.9 Å². The third-order valence-corrected chi connectivity index (χ3v) is 4.87. The molecule has 1 aromatic carbocycles. The van der Waals surface area contributed by atoms with Crippen molar-refractivity contribution in [2.24, 2.45) is 0 Å². The predicted octanol–water partition coefficient (Wildman–Crippen LogP) is 3.48. The fraction of sp³-hybridized carbons (Fsp3) is 0.611. The van der Waals surface area contributed by atoms with Crippen LogP contribution in [0.1, 0.15) is 72.5 Å². The quantitative estimate of drug-likeness (QED) is 0.624. The second-order valence-corrected chi connectivity index (χ2v) is 6.52. The van der Waals surface area contributed by atoms with Gasteiger partial charge in [-0.05, 0) is 37.8 Å². The van der Waals surface area contributed by atoms with Crippen molar-refractivity contribution in [3.8, 4) is 0 Å². The topological polar surface area (TPSA) is 66.6 Å². The summed E-state index contributed by atoms with van der Waals surface area (Å²) in [6.45, 7) is 6.03. The van der Waals surface area contributed by atoms with E-state index in [1.54, 1.807) is 7.05 Å². The molecule has 1 amide bonds. The van der Waals surface area contributed by atoms with Crippen molar-refractivity contribution >= 4 is 11.6 Å². The molecule has 1 unspecified atom stereocenters. The second kappa shape index (κ2) is 6.29. The van der Waals surface area contributed by atoms with E-state index in [4.69, 9.17) is 5.73 Å². The molecule has 22 heavy (non-hydrogen) atoms. The molecule has 0 fully saturated rings. The van der Waals surface area contributed by atoms with Gasteiger partial charge in [0, 0.05) is 18.3 Å². The highest BCUT2D eigenvalue weighted by molar-refractivity contribution is 6.05. The number of carbonyl (C=O) groups excluding carboxylic acids is 1. The van der Waals surface area contributed by atoms with Crippen molar-refractivity contribution in [3.05, 3.63) is 28.3 Å². The minimum absolute atomic E-state index is 0.171. The van der Waals surface area contributed by atoms with Gasteiger partial charge in [-0.1, -0.05) is 38.7 Å². The molecule has 0 aliphatic carbocycles. The fourth-order valence-electron chi connectivity index (χ4n) is 3.51. The Labute approximate surface area is 133 Å². The van der Waals surface area contributed by atoms with Crippen LogP contribution >= 0.6 is 0 Å². The van der Waals surface area contributed by atoms with Crippen molar-refractivity contribution < 1.29 is 9.90 Å². The molecule has 4 heteroatoms. The van der Waals surface area contributed by atoms with Crippen molar-refractivity contribution in [2.75, 3.05) is 12.8 Å². The highest BCUT2D eigenvalue weighted by Crippen LogP contribution is 2.44. The maximum atomic E-state index is 12.6. The molecule has 3 N–H and O–H groups in total. The summed E-state index contributed by atoms with van der Waals surface area (Å²) in [4.78, 5) is 14.0. The number of fused-ring (bicyclic) bond motifs is 1. The lowest BCUT2D eigenvalue weighted by atomic mass is 9.89. The maximum absolute atomic E-state index is 12.6. The Morgan fingerprint density at radius 1 is 1.18 bits per heavy atom. The monoisotopic (exact) mass is 304 g/mol. The van der Waals surface area contributed by atoms with Gasteiger partial charge in [0.1, 0.15) is 0 Å². The first kappa shape index (κ1) is 16.8. The average Bonchev–Trinajstić information content (AvgIpc) is 2.67. The van der Waals surface area contributed by atoms with Gasteiger partial charge in [-0.25, -0.2) is 0 Å². The van der Waals surface area contributed by atoms with Crippen LogP contribution in [0.3, 0.4) is 0 Å². The second-order valence-electron chi connectivity index (χ2n) is 6.52. The summed E-state index contributed by atoms with van der Waals surface area (Å²) in [7, 11) is 1.67. The average molecular weight is 304 g/mol. The highest BCUT2D eigenvalue weighted by atomic mass is 16.3. The Balaban J connectivity index is 2.31. The first-order valence-electron chi connectivity index (χ1n) is 8.25. The number of benzene rings is 1. The molecule has 0 radical (unpaired) electrons. The number of nitrogen functional groups attached to an aromatic ring is 1. The summed E-state index contributed by atoms with van der Waals surface area (Å²) in [5.74, 6) is -0.171. The molecule has 0 bridgehead atoms.